The molecule has 0 saturated heterocycles. The Labute approximate surface area is 134 Å². The molecular weight excluding hydrogens is 296 g/mol. The lowest BCUT2D eigenvalue weighted by Gasteiger charge is -2.14. The molecule has 0 unspecified atom stereocenters. The van der Waals surface area contributed by atoms with Crippen LogP contribution in [0.4, 0.5) is 0 Å². The van der Waals surface area contributed by atoms with Crippen LogP contribution in [-0.4, -0.2) is 30.0 Å². The van der Waals surface area contributed by atoms with Crippen molar-refractivity contribution in [2.24, 2.45) is 0 Å². The summed E-state index contributed by atoms with van der Waals surface area (Å²) in [7, 11) is 3.56. The van der Waals surface area contributed by atoms with Crippen LogP contribution in [-0.2, 0) is 0 Å². The quantitative estimate of drug-likeness (QED) is 0.644. The molecule has 0 fully saturated rings. The fourth-order valence-electron chi connectivity index (χ4n) is 1.83. The first-order valence-corrected chi connectivity index (χ1v) is 6.97. The van der Waals surface area contributed by atoms with E-state index < -0.39 is 0 Å². The lowest BCUT2D eigenvalue weighted by Crippen LogP contribution is -2.25. The Morgan fingerprint density at radius 2 is 1.91 bits per heavy atom. The first-order chi connectivity index (χ1) is 10.5. The van der Waals surface area contributed by atoms with Crippen molar-refractivity contribution in [3.63, 3.8) is 0 Å². The standard InChI is InChI=1S/C17H14N2O2S/c1-19(2)17(22)21-14-8-5-7-12(10-14)16(20)15-9-4-3-6-13(15)11-18/h3-10H,1-2H3. The summed E-state index contributed by atoms with van der Waals surface area (Å²) in [4.78, 5) is 14.2. The number of thiocarbonyl (C=S) groups is 1. The van der Waals surface area contributed by atoms with Gasteiger partial charge in [-0.2, -0.15) is 5.26 Å². The van der Waals surface area contributed by atoms with Gasteiger partial charge in [-0.3, -0.25) is 4.79 Å². The zero-order valence-electron chi connectivity index (χ0n) is 12.2. The number of nitriles is 1. The van der Waals surface area contributed by atoms with Crippen LogP contribution in [0.5, 0.6) is 5.75 Å². The van der Waals surface area contributed by atoms with Gasteiger partial charge < -0.3 is 9.64 Å². The van der Waals surface area contributed by atoms with Crippen LogP contribution in [0.2, 0.25) is 0 Å². The van der Waals surface area contributed by atoms with E-state index in [2.05, 4.69) is 0 Å². The summed E-state index contributed by atoms with van der Waals surface area (Å²) >= 11 is 5.08. The molecule has 0 radical (unpaired) electrons. The first kappa shape index (κ1) is 15.7. The first-order valence-electron chi connectivity index (χ1n) is 6.56. The largest absolute Gasteiger partial charge is 0.432 e. The molecule has 0 spiro atoms. The number of carbonyl (C=O) groups is 1. The Kier molecular flexibility index (Phi) is 4.87. The summed E-state index contributed by atoms with van der Waals surface area (Å²) in [5.41, 5.74) is 1.17. The number of ketones is 1. The summed E-state index contributed by atoms with van der Waals surface area (Å²) in [6.45, 7) is 0. The zero-order chi connectivity index (χ0) is 16.1. The van der Waals surface area contributed by atoms with Crippen molar-refractivity contribution in [2.45, 2.75) is 0 Å². The highest BCUT2D eigenvalue weighted by Gasteiger charge is 2.14. The molecular formula is C17H14N2O2S. The van der Waals surface area contributed by atoms with Gasteiger partial charge in [0.05, 0.1) is 11.6 Å². The third-order valence-electron chi connectivity index (χ3n) is 2.96. The molecule has 22 heavy (non-hydrogen) atoms. The van der Waals surface area contributed by atoms with E-state index in [1.165, 1.54) is 0 Å². The van der Waals surface area contributed by atoms with E-state index in [9.17, 15) is 4.79 Å². The van der Waals surface area contributed by atoms with Gasteiger partial charge >= 0.3 is 0 Å². The number of hydrogen-bond donors (Lipinski definition) is 0. The summed E-state index contributed by atoms with van der Waals surface area (Å²) in [5.74, 6) is 0.261. The third-order valence-corrected chi connectivity index (χ3v) is 3.41. The molecule has 2 aromatic rings. The number of carbonyl (C=O) groups excluding carboxylic acids is 1. The molecule has 0 bridgehead atoms. The maximum absolute atomic E-state index is 12.5. The number of hydrogen-bond acceptors (Lipinski definition) is 4. The van der Waals surface area contributed by atoms with Gasteiger partial charge in [0.2, 0.25) is 0 Å². The number of ether oxygens (including phenoxy) is 1. The molecule has 2 aromatic carbocycles. The van der Waals surface area contributed by atoms with E-state index in [-0.39, 0.29) is 5.78 Å². The van der Waals surface area contributed by atoms with Crippen LogP contribution in [0.1, 0.15) is 21.5 Å². The van der Waals surface area contributed by atoms with Crippen LogP contribution < -0.4 is 4.74 Å². The van der Waals surface area contributed by atoms with E-state index in [4.69, 9.17) is 22.2 Å². The fraction of sp³-hybridized carbons (Fsp3) is 0.118. The summed E-state index contributed by atoms with van der Waals surface area (Å²) in [6.07, 6.45) is 0. The van der Waals surface area contributed by atoms with E-state index in [0.29, 0.717) is 27.6 Å². The minimum Gasteiger partial charge on any atom is -0.432 e. The molecule has 0 atom stereocenters. The molecule has 0 N–H and O–H groups in total. The van der Waals surface area contributed by atoms with Crippen molar-refractivity contribution in [1.82, 2.24) is 4.90 Å². The highest BCUT2D eigenvalue weighted by Crippen LogP contribution is 2.19. The zero-order valence-corrected chi connectivity index (χ0v) is 13.1. The molecule has 0 aliphatic carbocycles. The Balaban J connectivity index is 2.32. The van der Waals surface area contributed by atoms with E-state index in [1.54, 1.807) is 67.5 Å². The van der Waals surface area contributed by atoms with Crippen LogP contribution in [0.3, 0.4) is 0 Å². The number of nitrogens with zero attached hydrogens (tertiary/aromatic N) is 2. The molecule has 110 valence electrons. The van der Waals surface area contributed by atoms with Crippen molar-refractivity contribution in [2.75, 3.05) is 14.1 Å². The Hall–Kier alpha value is -2.71. The molecule has 0 aliphatic rings. The lowest BCUT2D eigenvalue weighted by molar-refractivity contribution is 0.103. The van der Waals surface area contributed by atoms with E-state index in [0.717, 1.165) is 0 Å². The third kappa shape index (κ3) is 3.48. The van der Waals surface area contributed by atoms with Crippen molar-refractivity contribution < 1.29 is 9.53 Å². The molecule has 0 aromatic heterocycles. The fourth-order valence-corrected chi connectivity index (χ4v) is 1.92. The summed E-state index contributed by atoms with van der Waals surface area (Å²) < 4.78 is 5.50. The predicted octanol–water partition coefficient (Wildman–Crippen LogP) is 3.01. The van der Waals surface area contributed by atoms with Gasteiger partial charge in [0, 0.05) is 25.2 Å². The van der Waals surface area contributed by atoms with Gasteiger partial charge in [0.15, 0.2) is 5.78 Å². The predicted molar refractivity (Wildman–Crippen MR) is 87.9 cm³/mol. The monoisotopic (exact) mass is 310 g/mol. The van der Waals surface area contributed by atoms with E-state index >= 15 is 0 Å². The van der Waals surface area contributed by atoms with Gasteiger partial charge in [-0.05, 0) is 36.5 Å². The second-order valence-corrected chi connectivity index (χ2v) is 5.13. The minimum atomic E-state index is -0.224. The van der Waals surface area contributed by atoms with Gasteiger partial charge in [0.1, 0.15) is 5.75 Å². The maximum Gasteiger partial charge on any atom is 0.264 e. The van der Waals surface area contributed by atoms with Gasteiger partial charge in [0.25, 0.3) is 5.17 Å². The van der Waals surface area contributed by atoms with Gasteiger partial charge in [-0.25, -0.2) is 0 Å². The smallest absolute Gasteiger partial charge is 0.264 e. The molecule has 5 heteroatoms. The van der Waals surface area contributed by atoms with Crippen molar-refractivity contribution in [3.8, 4) is 11.8 Å². The topological polar surface area (TPSA) is 53.3 Å². The van der Waals surface area contributed by atoms with Crippen molar-refractivity contribution >= 4 is 23.2 Å². The molecule has 0 amide bonds. The summed E-state index contributed by atoms with van der Waals surface area (Å²) in [6, 6.07) is 15.5. The average Bonchev–Trinajstić information content (AvgIpc) is 2.54. The minimum absolute atomic E-state index is 0.224. The molecule has 2 rings (SSSR count). The SMILES string of the molecule is CN(C)C(=S)Oc1cccc(C(=O)c2ccccc2C#N)c1. The van der Waals surface area contributed by atoms with Crippen molar-refractivity contribution in [1.29, 1.82) is 5.26 Å². The second kappa shape index (κ2) is 6.83. The van der Waals surface area contributed by atoms with Crippen molar-refractivity contribution in [3.05, 3.63) is 65.2 Å². The Bertz CT molecular complexity index is 763. The molecule has 0 aliphatic heterocycles. The lowest BCUT2D eigenvalue weighted by atomic mass is 9.99. The second-order valence-electron chi connectivity index (χ2n) is 4.78. The Morgan fingerprint density at radius 3 is 2.59 bits per heavy atom. The van der Waals surface area contributed by atoms with Crippen LogP contribution in [0.15, 0.2) is 48.5 Å². The average molecular weight is 310 g/mol. The molecule has 0 saturated carbocycles. The van der Waals surface area contributed by atoms with Crippen LogP contribution in [0, 0.1) is 11.3 Å². The summed E-state index contributed by atoms with van der Waals surface area (Å²) in [5, 5.41) is 9.41. The number of rotatable bonds is 3. The highest BCUT2D eigenvalue weighted by atomic mass is 32.1. The van der Waals surface area contributed by atoms with Crippen LogP contribution in [0.25, 0.3) is 0 Å². The van der Waals surface area contributed by atoms with E-state index in [1.807, 2.05) is 6.07 Å². The highest BCUT2D eigenvalue weighted by molar-refractivity contribution is 7.80. The molecule has 4 nitrogen and oxygen atoms in total. The van der Waals surface area contributed by atoms with Gasteiger partial charge in [-0.1, -0.05) is 24.3 Å². The van der Waals surface area contributed by atoms with Gasteiger partial charge in [-0.15, -0.1) is 0 Å². The number of benzene rings is 2. The Morgan fingerprint density at radius 1 is 1.18 bits per heavy atom. The molecule has 0 heterocycles. The maximum atomic E-state index is 12.5. The van der Waals surface area contributed by atoms with Crippen LogP contribution >= 0.6 is 12.2 Å². The normalized spacial score (nSPS) is 9.68.